The number of para-hydroxylation sites is 1. The van der Waals surface area contributed by atoms with Crippen LogP contribution in [0.15, 0.2) is 24.3 Å². The van der Waals surface area contributed by atoms with Crippen molar-refractivity contribution in [3.8, 4) is 5.75 Å². The van der Waals surface area contributed by atoms with E-state index in [1.54, 1.807) is 0 Å². The van der Waals surface area contributed by atoms with Crippen molar-refractivity contribution < 1.29 is 9.84 Å². The number of nitrogens with one attached hydrogen (secondary N) is 1. The Balaban J connectivity index is 1.66. The fourth-order valence-corrected chi connectivity index (χ4v) is 3.59. The molecule has 2 aliphatic rings. The predicted octanol–water partition coefficient (Wildman–Crippen LogP) is 2.84. The maximum atomic E-state index is 9.78. The molecule has 1 aromatic carbocycles. The Hall–Kier alpha value is -1.06. The van der Waals surface area contributed by atoms with Gasteiger partial charge in [0.05, 0.1) is 13.2 Å². The molecule has 110 valence electrons. The highest BCUT2D eigenvalue weighted by molar-refractivity contribution is 5.38. The van der Waals surface area contributed by atoms with Crippen molar-refractivity contribution in [1.82, 2.24) is 5.32 Å². The molecule has 0 spiro atoms. The number of rotatable bonds is 4. The van der Waals surface area contributed by atoms with Gasteiger partial charge in [-0.3, -0.25) is 0 Å². The summed E-state index contributed by atoms with van der Waals surface area (Å²) < 4.78 is 5.72. The minimum atomic E-state index is -0.0362. The van der Waals surface area contributed by atoms with E-state index in [4.69, 9.17) is 4.74 Å². The van der Waals surface area contributed by atoms with Crippen molar-refractivity contribution in [3.05, 3.63) is 29.8 Å². The topological polar surface area (TPSA) is 41.5 Å². The first-order valence-electron chi connectivity index (χ1n) is 7.91. The van der Waals surface area contributed by atoms with Gasteiger partial charge in [0, 0.05) is 18.0 Å². The fraction of sp³-hybridized carbons (Fsp3) is 0.647. The molecule has 1 aromatic rings. The number of fused-ring (bicyclic) bond motifs is 1. The van der Waals surface area contributed by atoms with Gasteiger partial charge in [0.1, 0.15) is 5.75 Å². The highest BCUT2D eigenvalue weighted by Crippen LogP contribution is 2.34. The summed E-state index contributed by atoms with van der Waals surface area (Å²) in [5.74, 6) is 1.54. The zero-order valence-corrected chi connectivity index (χ0v) is 12.1. The van der Waals surface area contributed by atoms with Crippen molar-refractivity contribution in [2.24, 2.45) is 0 Å². The van der Waals surface area contributed by atoms with Crippen molar-refractivity contribution in [1.29, 1.82) is 0 Å². The molecule has 1 saturated carbocycles. The van der Waals surface area contributed by atoms with Crippen LogP contribution in [0.5, 0.6) is 5.75 Å². The summed E-state index contributed by atoms with van der Waals surface area (Å²) in [6.45, 7) is 2.01. The Bertz CT molecular complexity index is 440. The third-order valence-electron chi connectivity index (χ3n) is 4.92. The average Bonchev–Trinajstić information content (AvgIpc) is 2.54. The minimum Gasteiger partial charge on any atom is -0.493 e. The molecule has 3 nitrogen and oxygen atoms in total. The van der Waals surface area contributed by atoms with E-state index < -0.39 is 0 Å². The Kier molecular flexibility index (Phi) is 4.27. The van der Waals surface area contributed by atoms with Gasteiger partial charge in [0.2, 0.25) is 0 Å². The molecule has 2 N–H and O–H groups in total. The molecule has 0 saturated heterocycles. The number of hydrogen-bond acceptors (Lipinski definition) is 3. The summed E-state index contributed by atoms with van der Waals surface area (Å²) in [5, 5.41) is 13.5. The van der Waals surface area contributed by atoms with E-state index in [0.717, 1.165) is 38.2 Å². The van der Waals surface area contributed by atoms with Crippen LogP contribution in [-0.2, 0) is 0 Å². The van der Waals surface area contributed by atoms with E-state index in [-0.39, 0.29) is 12.1 Å². The predicted molar refractivity (Wildman–Crippen MR) is 80.2 cm³/mol. The molecule has 0 bridgehead atoms. The Morgan fingerprint density at radius 2 is 2.00 bits per heavy atom. The van der Waals surface area contributed by atoms with Gasteiger partial charge in [-0.1, -0.05) is 37.5 Å². The molecule has 3 rings (SSSR count). The highest BCUT2D eigenvalue weighted by atomic mass is 16.5. The van der Waals surface area contributed by atoms with Crippen LogP contribution in [0.1, 0.15) is 50.0 Å². The van der Waals surface area contributed by atoms with Crippen LogP contribution in [0.4, 0.5) is 0 Å². The third kappa shape index (κ3) is 2.84. The van der Waals surface area contributed by atoms with E-state index in [1.807, 2.05) is 6.07 Å². The van der Waals surface area contributed by atoms with Gasteiger partial charge in [0.15, 0.2) is 0 Å². The first-order chi connectivity index (χ1) is 9.83. The van der Waals surface area contributed by atoms with Crippen LogP contribution < -0.4 is 10.1 Å². The summed E-state index contributed by atoms with van der Waals surface area (Å²) in [5.41, 5.74) is 1.28. The van der Waals surface area contributed by atoms with Crippen LogP contribution in [0.2, 0.25) is 0 Å². The van der Waals surface area contributed by atoms with Gasteiger partial charge in [-0.15, -0.1) is 0 Å². The second-order valence-corrected chi connectivity index (χ2v) is 6.25. The van der Waals surface area contributed by atoms with E-state index >= 15 is 0 Å². The van der Waals surface area contributed by atoms with Crippen LogP contribution in [0, 0.1) is 0 Å². The zero-order valence-electron chi connectivity index (χ0n) is 12.1. The summed E-state index contributed by atoms with van der Waals surface area (Å²) >= 11 is 0. The molecule has 1 aliphatic heterocycles. The summed E-state index contributed by atoms with van der Waals surface area (Å²) in [7, 11) is 0. The first kappa shape index (κ1) is 13.9. The lowest BCUT2D eigenvalue weighted by molar-refractivity contribution is 0.117. The maximum absolute atomic E-state index is 9.78. The standard InChI is InChI=1S/C17H25NO2/c19-13-17(9-4-1-5-10-17)18-12-14-8-11-20-16-7-3-2-6-15(14)16/h2-3,6-7,14,18-19H,1,4-5,8-13H2. The number of aliphatic hydroxyl groups is 1. The van der Waals surface area contributed by atoms with Crippen LogP contribution >= 0.6 is 0 Å². The van der Waals surface area contributed by atoms with Crippen LogP contribution in [0.3, 0.4) is 0 Å². The molecule has 1 heterocycles. The monoisotopic (exact) mass is 275 g/mol. The number of aliphatic hydroxyl groups excluding tert-OH is 1. The SMILES string of the molecule is OCC1(NCC2CCOc3ccccc32)CCCCC1. The normalized spacial score (nSPS) is 24.8. The second kappa shape index (κ2) is 6.15. The molecule has 3 heteroatoms. The summed E-state index contributed by atoms with van der Waals surface area (Å²) in [6, 6.07) is 8.35. The second-order valence-electron chi connectivity index (χ2n) is 6.25. The smallest absolute Gasteiger partial charge is 0.122 e. The molecule has 20 heavy (non-hydrogen) atoms. The number of ether oxygens (including phenoxy) is 1. The molecular formula is C17H25NO2. The van der Waals surface area contributed by atoms with E-state index in [9.17, 15) is 5.11 Å². The summed E-state index contributed by atoms with van der Waals surface area (Å²) in [6.07, 6.45) is 7.05. The third-order valence-corrected chi connectivity index (χ3v) is 4.92. The van der Waals surface area contributed by atoms with Crippen molar-refractivity contribution in [3.63, 3.8) is 0 Å². The molecule has 1 aliphatic carbocycles. The van der Waals surface area contributed by atoms with Crippen molar-refractivity contribution in [2.45, 2.75) is 50.0 Å². The molecule has 0 radical (unpaired) electrons. The molecule has 0 amide bonds. The minimum absolute atomic E-state index is 0.0362. The molecule has 0 aromatic heterocycles. The van der Waals surface area contributed by atoms with Gasteiger partial charge in [-0.2, -0.15) is 0 Å². The quantitative estimate of drug-likeness (QED) is 0.888. The molecular weight excluding hydrogens is 250 g/mol. The van der Waals surface area contributed by atoms with Crippen LogP contribution in [-0.4, -0.2) is 30.4 Å². The summed E-state index contributed by atoms with van der Waals surface area (Å²) in [4.78, 5) is 0. The first-order valence-corrected chi connectivity index (χ1v) is 7.91. The van der Waals surface area contributed by atoms with E-state index in [0.29, 0.717) is 5.92 Å². The van der Waals surface area contributed by atoms with Crippen molar-refractivity contribution >= 4 is 0 Å². The Labute approximate surface area is 121 Å². The van der Waals surface area contributed by atoms with Gasteiger partial charge in [0.25, 0.3) is 0 Å². The lowest BCUT2D eigenvalue weighted by atomic mass is 9.81. The van der Waals surface area contributed by atoms with Gasteiger partial charge in [-0.05, 0) is 30.9 Å². The fourth-order valence-electron chi connectivity index (χ4n) is 3.59. The lowest BCUT2D eigenvalue weighted by Crippen LogP contribution is -2.51. The van der Waals surface area contributed by atoms with E-state index in [2.05, 4.69) is 23.5 Å². The lowest BCUT2D eigenvalue weighted by Gasteiger charge is -2.38. The number of benzene rings is 1. The Morgan fingerprint density at radius 1 is 1.20 bits per heavy atom. The van der Waals surface area contributed by atoms with Gasteiger partial charge >= 0.3 is 0 Å². The molecule has 1 unspecified atom stereocenters. The highest BCUT2D eigenvalue weighted by Gasteiger charge is 2.32. The van der Waals surface area contributed by atoms with Gasteiger partial charge in [-0.25, -0.2) is 0 Å². The van der Waals surface area contributed by atoms with Crippen molar-refractivity contribution in [2.75, 3.05) is 19.8 Å². The Morgan fingerprint density at radius 3 is 2.80 bits per heavy atom. The number of hydrogen-bond donors (Lipinski definition) is 2. The zero-order chi connectivity index (χ0) is 13.8. The molecule has 1 atom stereocenters. The molecule has 1 fully saturated rings. The van der Waals surface area contributed by atoms with E-state index in [1.165, 1.54) is 24.8 Å². The van der Waals surface area contributed by atoms with Crippen LogP contribution in [0.25, 0.3) is 0 Å². The average molecular weight is 275 g/mol. The maximum Gasteiger partial charge on any atom is 0.122 e. The van der Waals surface area contributed by atoms with Gasteiger partial charge < -0.3 is 15.2 Å². The largest absolute Gasteiger partial charge is 0.493 e.